The third kappa shape index (κ3) is 3.72. The van der Waals surface area contributed by atoms with E-state index in [2.05, 4.69) is 10.1 Å². The van der Waals surface area contributed by atoms with Gasteiger partial charge in [-0.1, -0.05) is 5.16 Å². The Morgan fingerprint density at radius 3 is 2.57 bits per heavy atom. The van der Waals surface area contributed by atoms with E-state index in [1.165, 1.54) is 6.07 Å². The molecule has 114 valence electrons. The molecule has 0 atom stereocenters. The fourth-order valence-corrected chi connectivity index (χ4v) is 1.72. The molecule has 21 heavy (non-hydrogen) atoms. The van der Waals surface area contributed by atoms with Crippen molar-refractivity contribution in [3.05, 3.63) is 29.6 Å². The highest BCUT2D eigenvalue weighted by Gasteiger charge is 2.31. The van der Waals surface area contributed by atoms with Crippen LogP contribution in [0.1, 0.15) is 11.4 Å². The van der Waals surface area contributed by atoms with Crippen LogP contribution in [-0.4, -0.2) is 35.7 Å². The monoisotopic (exact) mass is 300 g/mol. The van der Waals surface area contributed by atoms with Crippen molar-refractivity contribution in [2.75, 3.05) is 26.4 Å². The predicted molar refractivity (Wildman–Crippen MR) is 71.4 cm³/mol. The molecule has 1 aromatic heterocycles. The topological polar surface area (TPSA) is 68.2 Å². The lowest BCUT2D eigenvalue weighted by molar-refractivity contribution is -0.137. The summed E-state index contributed by atoms with van der Waals surface area (Å²) in [6.07, 6.45) is -3.85. The molecule has 0 aliphatic heterocycles. The number of likely N-dealkylation sites (N-methyl/N-ethyl adjacent to an activating group) is 1. The molecule has 0 radical (unpaired) electrons. The van der Waals surface area contributed by atoms with Crippen LogP contribution >= 0.6 is 0 Å². The van der Waals surface area contributed by atoms with Gasteiger partial charge in [0.2, 0.25) is 0 Å². The second-order valence-electron chi connectivity index (χ2n) is 4.87. The van der Waals surface area contributed by atoms with E-state index < -0.39 is 11.7 Å². The molecule has 0 bridgehead atoms. The summed E-state index contributed by atoms with van der Waals surface area (Å²) < 4.78 is 42.8. The number of aromatic nitrogens is 2. The van der Waals surface area contributed by atoms with Crippen LogP contribution in [-0.2, 0) is 12.6 Å². The van der Waals surface area contributed by atoms with Gasteiger partial charge < -0.3 is 15.2 Å². The minimum absolute atomic E-state index is 0.0485. The lowest BCUT2D eigenvalue weighted by atomic mass is 10.1. The molecule has 0 saturated carbocycles. The largest absolute Gasteiger partial charge is 0.416 e. The predicted octanol–water partition coefficient (Wildman–Crippen LogP) is 2.44. The van der Waals surface area contributed by atoms with Gasteiger partial charge >= 0.3 is 6.18 Å². The van der Waals surface area contributed by atoms with E-state index in [0.717, 1.165) is 18.7 Å². The van der Waals surface area contributed by atoms with Crippen LogP contribution in [0.4, 0.5) is 18.9 Å². The molecule has 8 heteroatoms. The summed E-state index contributed by atoms with van der Waals surface area (Å²) in [7, 11) is 3.82. The SMILES string of the molecule is CN(C)CCc1noc(-c2ccc(C(F)(F)F)cc2N)n1. The smallest absolute Gasteiger partial charge is 0.398 e. The Labute approximate surface area is 119 Å². The maximum atomic E-state index is 12.6. The summed E-state index contributed by atoms with van der Waals surface area (Å²) in [5, 5.41) is 3.79. The van der Waals surface area contributed by atoms with Crippen LogP contribution in [0.15, 0.2) is 22.7 Å². The first kappa shape index (κ1) is 15.3. The van der Waals surface area contributed by atoms with Gasteiger partial charge in [0.05, 0.1) is 11.1 Å². The fraction of sp³-hybridized carbons (Fsp3) is 0.385. The standard InChI is InChI=1S/C13H15F3N4O/c1-20(2)6-5-11-18-12(21-19-11)9-4-3-8(7-10(9)17)13(14,15)16/h3-4,7H,5-6,17H2,1-2H3. The first-order chi connectivity index (χ1) is 9.77. The molecule has 2 rings (SSSR count). The Balaban J connectivity index is 2.23. The molecule has 2 N–H and O–H groups in total. The van der Waals surface area contributed by atoms with Gasteiger partial charge in [0.25, 0.3) is 5.89 Å². The molecule has 2 aromatic rings. The highest BCUT2D eigenvalue weighted by Crippen LogP contribution is 2.34. The van der Waals surface area contributed by atoms with Crippen LogP contribution in [0.3, 0.4) is 0 Å². The van der Waals surface area contributed by atoms with E-state index in [0.29, 0.717) is 17.8 Å². The number of rotatable bonds is 4. The van der Waals surface area contributed by atoms with Crippen molar-refractivity contribution in [2.45, 2.75) is 12.6 Å². The Kier molecular flexibility index (Phi) is 4.17. The maximum Gasteiger partial charge on any atom is 0.416 e. The Bertz CT molecular complexity index is 622. The van der Waals surface area contributed by atoms with Crippen LogP contribution in [0, 0.1) is 0 Å². The zero-order chi connectivity index (χ0) is 15.6. The Hall–Kier alpha value is -2.09. The normalized spacial score (nSPS) is 12.1. The van der Waals surface area contributed by atoms with Gasteiger partial charge in [-0.15, -0.1) is 0 Å². The Morgan fingerprint density at radius 1 is 1.29 bits per heavy atom. The molecule has 0 fully saturated rings. The number of alkyl halides is 3. The van der Waals surface area contributed by atoms with E-state index in [4.69, 9.17) is 10.3 Å². The zero-order valence-corrected chi connectivity index (χ0v) is 11.6. The number of benzene rings is 1. The summed E-state index contributed by atoms with van der Waals surface area (Å²) >= 11 is 0. The summed E-state index contributed by atoms with van der Waals surface area (Å²) in [6.45, 7) is 0.738. The molecule has 0 aliphatic carbocycles. The van der Waals surface area contributed by atoms with Crippen LogP contribution in [0.2, 0.25) is 0 Å². The van der Waals surface area contributed by atoms with Gasteiger partial charge in [-0.05, 0) is 32.3 Å². The second kappa shape index (κ2) is 5.72. The van der Waals surface area contributed by atoms with E-state index in [9.17, 15) is 13.2 Å². The summed E-state index contributed by atoms with van der Waals surface area (Å²) in [4.78, 5) is 6.10. The number of hydrogen-bond donors (Lipinski definition) is 1. The minimum Gasteiger partial charge on any atom is -0.398 e. The molecular weight excluding hydrogens is 285 g/mol. The summed E-state index contributed by atoms with van der Waals surface area (Å²) in [5.41, 5.74) is 5.09. The van der Waals surface area contributed by atoms with Crippen molar-refractivity contribution in [2.24, 2.45) is 0 Å². The van der Waals surface area contributed by atoms with Crippen LogP contribution < -0.4 is 5.73 Å². The van der Waals surface area contributed by atoms with Crippen molar-refractivity contribution in [1.82, 2.24) is 15.0 Å². The number of hydrogen-bond acceptors (Lipinski definition) is 5. The number of halogens is 3. The van der Waals surface area contributed by atoms with Gasteiger partial charge in [0.15, 0.2) is 5.82 Å². The molecule has 0 aliphatic rings. The molecule has 0 unspecified atom stereocenters. The third-order valence-electron chi connectivity index (χ3n) is 2.86. The van der Waals surface area contributed by atoms with Gasteiger partial charge in [0, 0.05) is 18.7 Å². The lowest BCUT2D eigenvalue weighted by Crippen LogP contribution is -2.15. The van der Waals surface area contributed by atoms with Gasteiger partial charge in [0.1, 0.15) is 0 Å². The summed E-state index contributed by atoms with van der Waals surface area (Å²) in [6, 6.07) is 3.04. The summed E-state index contributed by atoms with van der Waals surface area (Å²) in [5.74, 6) is 0.605. The molecular formula is C13H15F3N4O. The van der Waals surface area contributed by atoms with Crippen molar-refractivity contribution < 1.29 is 17.7 Å². The first-order valence-corrected chi connectivity index (χ1v) is 6.22. The molecule has 0 amide bonds. The molecule has 0 saturated heterocycles. The number of anilines is 1. The van der Waals surface area contributed by atoms with E-state index in [-0.39, 0.29) is 11.6 Å². The average Bonchev–Trinajstić information content (AvgIpc) is 2.83. The van der Waals surface area contributed by atoms with Crippen molar-refractivity contribution in [3.8, 4) is 11.5 Å². The van der Waals surface area contributed by atoms with Gasteiger partial charge in [-0.2, -0.15) is 18.2 Å². The van der Waals surface area contributed by atoms with Crippen molar-refractivity contribution in [1.29, 1.82) is 0 Å². The first-order valence-electron chi connectivity index (χ1n) is 6.22. The van der Waals surface area contributed by atoms with Crippen LogP contribution in [0.25, 0.3) is 11.5 Å². The quantitative estimate of drug-likeness (QED) is 0.878. The van der Waals surface area contributed by atoms with Crippen molar-refractivity contribution >= 4 is 5.69 Å². The van der Waals surface area contributed by atoms with Gasteiger partial charge in [-0.3, -0.25) is 0 Å². The number of nitrogen functional groups attached to an aromatic ring is 1. The molecule has 1 aromatic carbocycles. The third-order valence-corrected chi connectivity index (χ3v) is 2.86. The zero-order valence-electron chi connectivity index (χ0n) is 11.6. The highest BCUT2D eigenvalue weighted by molar-refractivity contribution is 5.71. The molecule has 1 heterocycles. The Morgan fingerprint density at radius 2 is 2.00 bits per heavy atom. The number of nitrogens with two attached hydrogens (primary N) is 1. The van der Waals surface area contributed by atoms with E-state index in [1.54, 1.807) is 0 Å². The minimum atomic E-state index is -4.43. The van der Waals surface area contributed by atoms with E-state index >= 15 is 0 Å². The van der Waals surface area contributed by atoms with E-state index in [1.807, 2.05) is 19.0 Å². The highest BCUT2D eigenvalue weighted by atomic mass is 19.4. The van der Waals surface area contributed by atoms with Gasteiger partial charge in [-0.25, -0.2) is 0 Å². The van der Waals surface area contributed by atoms with Crippen LogP contribution in [0.5, 0.6) is 0 Å². The maximum absolute atomic E-state index is 12.6. The fourth-order valence-electron chi connectivity index (χ4n) is 1.72. The lowest BCUT2D eigenvalue weighted by Gasteiger charge is -2.08. The number of nitrogens with zero attached hydrogens (tertiary/aromatic N) is 3. The molecule has 0 spiro atoms. The molecule has 5 nitrogen and oxygen atoms in total. The average molecular weight is 300 g/mol. The second-order valence-corrected chi connectivity index (χ2v) is 4.87. The van der Waals surface area contributed by atoms with Crippen molar-refractivity contribution in [3.63, 3.8) is 0 Å².